The zero-order valence-corrected chi connectivity index (χ0v) is 27.2. The third kappa shape index (κ3) is 10.8. The van der Waals surface area contributed by atoms with E-state index in [1.807, 2.05) is 58.0 Å². The first kappa shape index (κ1) is 35.4. The maximum absolute atomic E-state index is 13.9. The number of hydrogen-bond acceptors (Lipinski definition) is 8. The SMILES string of the molecule is CCOP(=O)(OCC)C(CC(C)C)N[C@@H](Cc1ccccc1)[C@H](O)CN(CC(C)C)S(=O)(=O)c1ccc(OC)cc1. The summed E-state index contributed by atoms with van der Waals surface area (Å²) in [5.41, 5.74) is 0.948. The molecule has 0 aliphatic heterocycles. The molecule has 0 aliphatic rings. The molecule has 2 rings (SSSR count). The van der Waals surface area contributed by atoms with Gasteiger partial charge in [-0.15, -0.1) is 0 Å². The fourth-order valence-electron chi connectivity index (χ4n) is 4.64. The van der Waals surface area contributed by atoms with Gasteiger partial charge in [0.15, 0.2) is 0 Å². The number of aliphatic hydroxyl groups is 1. The van der Waals surface area contributed by atoms with Gasteiger partial charge in [0.1, 0.15) is 11.5 Å². The highest BCUT2D eigenvalue weighted by molar-refractivity contribution is 7.89. The van der Waals surface area contributed by atoms with Crippen LogP contribution < -0.4 is 10.1 Å². The molecule has 0 spiro atoms. The van der Waals surface area contributed by atoms with Crippen molar-refractivity contribution in [2.24, 2.45) is 11.8 Å². The Bertz CT molecular complexity index is 1170. The van der Waals surface area contributed by atoms with Crippen molar-refractivity contribution in [1.29, 1.82) is 0 Å². The van der Waals surface area contributed by atoms with Gasteiger partial charge in [0, 0.05) is 19.1 Å². The first-order valence-corrected chi connectivity index (χ1v) is 17.4. The van der Waals surface area contributed by atoms with E-state index in [9.17, 15) is 18.1 Å². The van der Waals surface area contributed by atoms with Gasteiger partial charge < -0.3 is 18.9 Å². The Kier molecular flexibility index (Phi) is 14.5. The number of sulfonamides is 1. The lowest BCUT2D eigenvalue weighted by atomic mass is 10.00. The van der Waals surface area contributed by atoms with Crippen molar-refractivity contribution in [1.82, 2.24) is 9.62 Å². The molecule has 0 saturated carbocycles. The van der Waals surface area contributed by atoms with E-state index in [1.165, 1.54) is 23.5 Å². The zero-order valence-electron chi connectivity index (χ0n) is 25.5. The number of benzene rings is 2. The molecule has 2 aromatic rings. The van der Waals surface area contributed by atoms with E-state index in [0.29, 0.717) is 18.6 Å². The summed E-state index contributed by atoms with van der Waals surface area (Å²) in [4.78, 5) is 0.119. The molecule has 0 amide bonds. The quantitative estimate of drug-likeness (QED) is 0.199. The van der Waals surface area contributed by atoms with Crippen LogP contribution in [-0.4, -0.2) is 69.2 Å². The number of nitrogens with zero attached hydrogens (tertiary/aromatic N) is 1. The number of rotatable bonds is 19. The van der Waals surface area contributed by atoms with Crippen molar-refractivity contribution in [3.63, 3.8) is 0 Å². The molecule has 41 heavy (non-hydrogen) atoms. The normalized spacial score (nSPS) is 14.9. The van der Waals surface area contributed by atoms with Crippen LogP contribution in [0.2, 0.25) is 0 Å². The molecule has 0 fully saturated rings. The van der Waals surface area contributed by atoms with Crippen LogP contribution in [0.5, 0.6) is 5.75 Å². The van der Waals surface area contributed by atoms with Crippen molar-refractivity contribution >= 4 is 17.6 Å². The van der Waals surface area contributed by atoms with Crippen LogP contribution in [0.1, 0.15) is 53.5 Å². The topological polar surface area (TPSA) is 114 Å². The van der Waals surface area contributed by atoms with Gasteiger partial charge in [-0.2, -0.15) is 4.31 Å². The summed E-state index contributed by atoms with van der Waals surface area (Å²) in [5, 5.41) is 15.1. The standard InChI is InChI=1S/C30H49N2O7PS/c1-8-38-40(34,39-9-2)30(19-23(3)4)31-28(20-25-13-11-10-12-14-25)29(33)22-32(21-24(5)6)41(35,36)27-17-15-26(37-7)16-18-27/h10-18,23-24,28-31,33H,8-9,19-22H2,1-7H3/t28-,29+,30?/m0/s1. The van der Waals surface area contributed by atoms with Crippen molar-refractivity contribution in [3.05, 3.63) is 60.2 Å². The second-order valence-electron chi connectivity index (χ2n) is 10.9. The van der Waals surface area contributed by atoms with Gasteiger partial charge in [-0.25, -0.2) is 8.42 Å². The number of methoxy groups -OCH3 is 1. The van der Waals surface area contributed by atoms with E-state index in [2.05, 4.69) is 5.32 Å². The van der Waals surface area contributed by atoms with Crippen molar-refractivity contribution in [2.75, 3.05) is 33.4 Å². The number of nitrogens with one attached hydrogen (secondary N) is 1. The molecule has 0 radical (unpaired) electrons. The van der Waals surface area contributed by atoms with Gasteiger partial charge in [-0.1, -0.05) is 58.0 Å². The van der Waals surface area contributed by atoms with E-state index in [1.54, 1.807) is 26.0 Å². The number of hydrogen-bond donors (Lipinski definition) is 2. The average Bonchev–Trinajstić information content (AvgIpc) is 2.92. The van der Waals surface area contributed by atoms with Gasteiger partial charge in [-0.3, -0.25) is 9.88 Å². The van der Waals surface area contributed by atoms with Crippen LogP contribution >= 0.6 is 7.60 Å². The monoisotopic (exact) mass is 612 g/mol. The fourth-order valence-corrected chi connectivity index (χ4v) is 8.47. The minimum absolute atomic E-state index is 0.0144. The van der Waals surface area contributed by atoms with Crippen LogP contribution in [0.4, 0.5) is 0 Å². The molecule has 1 unspecified atom stereocenters. The highest BCUT2D eigenvalue weighted by atomic mass is 32.2. The Morgan fingerprint density at radius 1 is 0.902 bits per heavy atom. The van der Waals surface area contributed by atoms with Gasteiger partial charge in [0.2, 0.25) is 10.0 Å². The molecule has 0 aliphatic carbocycles. The predicted molar refractivity (Wildman–Crippen MR) is 164 cm³/mol. The van der Waals surface area contributed by atoms with E-state index >= 15 is 0 Å². The largest absolute Gasteiger partial charge is 0.497 e. The minimum Gasteiger partial charge on any atom is -0.497 e. The molecule has 11 heteroatoms. The summed E-state index contributed by atoms with van der Waals surface area (Å²) in [6.07, 6.45) is -0.268. The average molecular weight is 613 g/mol. The van der Waals surface area contributed by atoms with Crippen LogP contribution in [0.3, 0.4) is 0 Å². The summed E-state index contributed by atoms with van der Waals surface area (Å²) < 4.78 is 59.3. The van der Waals surface area contributed by atoms with Crippen molar-refractivity contribution in [3.8, 4) is 5.75 Å². The molecule has 0 saturated heterocycles. The predicted octanol–water partition coefficient (Wildman–Crippen LogP) is 5.54. The summed E-state index contributed by atoms with van der Waals surface area (Å²) in [7, 11) is -6.00. The number of aliphatic hydroxyl groups excluding tert-OH is 1. The van der Waals surface area contributed by atoms with Crippen LogP contribution in [-0.2, 0) is 30.1 Å². The zero-order chi connectivity index (χ0) is 30.6. The third-order valence-corrected chi connectivity index (χ3v) is 10.7. The Labute approximate surface area is 247 Å². The van der Waals surface area contributed by atoms with Crippen LogP contribution in [0, 0.1) is 11.8 Å². The van der Waals surface area contributed by atoms with Gasteiger partial charge >= 0.3 is 7.60 Å². The Hall–Kier alpha value is -1.78. The lowest BCUT2D eigenvalue weighted by Crippen LogP contribution is -2.52. The second-order valence-corrected chi connectivity index (χ2v) is 15.1. The molecule has 2 aromatic carbocycles. The van der Waals surface area contributed by atoms with Gasteiger partial charge in [0.25, 0.3) is 0 Å². The maximum Gasteiger partial charge on any atom is 0.347 e. The Morgan fingerprint density at radius 2 is 1.49 bits per heavy atom. The highest BCUT2D eigenvalue weighted by Gasteiger charge is 2.39. The molecule has 9 nitrogen and oxygen atoms in total. The molecule has 2 N–H and O–H groups in total. The van der Waals surface area contributed by atoms with Gasteiger partial charge in [-0.05, 0) is 68.4 Å². The number of ether oxygens (including phenoxy) is 1. The lowest BCUT2D eigenvalue weighted by Gasteiger charge is -2.35. The van der Waals surface area contributed by atoms with Crippen LogP contribution in [0.15, 0.2) is 59.5 Å². The molecule has 0 bridgehead atoms. The van der Waals surface area contributed by atoms with E-state index < -0.39 is 35.5 Å². The molecule has 0 heterocycles. The molecule has 3 atom stereocenters. The van der Waals surface area contributed by atoms with E-state index in [0.717, 1.165) is 5.56 Å². The Morgan fingerprint density at radius 3 is 1.98 bits per heavy atom. The summed E-state index contributed by atoms with van der Waals surface area (Å²) >= 11 is 0. The van der Waals surface area contributed by atoms with Crippen LogP contribution in [0.25, 0.3) is 0 Å². The summed E-state index contributed by atoms with van der Waals surface area (Å²) in [6.45, 7) is 11.9. The first-order valence-electron chi connectivity index (χ1n) is 14.4. The smallest absolute Gasteiger partial charge is 0.347 e. The third-order valence-electron chi connectivity index (χ3n) is 6.52. The highest BCUT2D eigenvalue weighted by Crippen LogP contribution is 2.54. The van der Waals surface area contributed by atoms with E-state index in [4.69, 9.17) is 13.8 Å². The fraction of sp³-hybridized carbons (Fsp3) is 0.600. The van der Waals surface area contributed by atoms with Crippen molar-refractivity contribution in [2.45, 2.75) is 77.2 Å². The molecule has 232 valence electrons. The molecular formula is C30H49N2O7PS. The molecular weight excluding hydrogens is 563 g/mol. The summed E-state index contributed by atoms with van der Waals surface area (Å²) in [5.74, 6) is 0.0305. The first-order chi connectivity index (χ1) is 19.4. The second kappa shape index (κ2) is 16.8. The minimum atomic E-state index is -3.93. The maximum atomic E-state index is 13.9. The Balaban J connectivity index is 2.47. The van der Waals surface area contributed by atoms with Crippen molar-refractivity contribution < 1.29 is 31.9 Å². The van der Waals surface area contributed by atoms with E-state index in [-0.39, 0.29) is 43.0 Å². The lowest BCUT2D eigenvalue weighted by molar-refractivity contribution is 0.0954. The molecule has 0 aromatic heterocycles. The summed E-state index contributed by atoms with van der Waals surface area (Å²) in [6, 6.07) is 15.2. The van der Waals surface area contributed by atoms with Gasteiger partial charge in [0.05, 0.1) is 31.3 Å².